The normalized spacial score (nSPS) is 11.1. The standard InChI is InChI=1S/C16H12ClN5OS/c1-22-15(20-21-16(22)18)13-6-11-12(7-19-8-14(11)24-13)23-10-4-2-9(17)3-5-10/h2-8H,1H3,(H2,18,21). The lowest BCUT2D eigenvalue weighted by Gasteiger charge is -2.06. The number of pyridine rings is 1. The number of nitrogen functional groups attached to an aromatic ring is 1. The molecule has 6 nitrogen and oxygen atoms in total. The van der Waals surface area contributed by atoms with Crippen molar-refractivity contribution in [1.29, 1.82) is 0 Å². The second-order valence-corrected chi connectivity index (χ2v) is 6.68. The SMILES string of the molecule is Cn1c(N)nnc1-c1cc2c(Oc3ccc(Cl)cc3)cncc2s1. The summed E-state index contributed by atoms with van der Waals surface area (Å²) in [6.45, 7) is 0. The quantitative estimate of drug-likeness (QED) is 0.596. The monoisotopic (exact) mass is 357 g/mol. The third-order valence-electron chi connectivity index (χ3n) is 3.58. The molecule has 24 heavy (non-hydrogen) atoms. The van der Waals surface area contributed by atoms with Gasteiger partial charge >= 0.3 is 0 Å². The lowest BCUT2D eigenvalue weighted by atomic mass is 10.2. The summed E-state index contributed by atoms with van der Waals surface area (Å²) in [5, 5.41) is 9.65. The van der Waals surface area contributed by atoms with E-state index in [1.54, 1.807) is 40.4 Å². The van der Waals surface area contributed by atoms with Crippen molar-refractivity contribution in [2.24, 2.45) is 7.05 Å². The second kappa shape index (κ2) is 5.77. The summed E-state index contributed by atoms with van der Waals surface area (Å²) in [4.78, 5) is 5.20. The molecular formula is C16H12ClN5OS. The smallest absolute Gasteiger partial charge is 0.222 e. The third kappa shape index (κ3) is 2.57. The molecule has 120 valence electrons. The van der Waals surface area contributed by atoms with Crippen molar-refractivity contribution in [1.82, 2.24) is 19.7 Å². The molecule has 0 fully saturated rings. The van der Waals surface area contributed by atoms with Crippen LogP contribution in [0, 0.1) is 0 Å². The number of halogens is 1. The van der Waals surface area contributed by atoms with E-state index in [1.165, 1.54) is 0 Å². The van der Waals surface area contributed by atoms with E-state index in [9.17, 15) is 0 Å². The Labute approximate surface area is 146 Å². The second-order valence-electron chi connectivity index (χ2n) is 5.16. The third-order valence-corrected chi connectivity index (χ3v) is 4.90. The minimum Gasteiger partial charge on any atom is -0.455 e. The lowest BCUT2D eigenvalue weighted by Crippen LogP contribution is -1.97. The van der Waals surface area contributed by atoms with Crippen molar-refractivity contribution in [3.63, 3.8) is 0 Å². The summed E-state index contributed by atoms with van der Waals surface area (Å²) in [5.41, 5.74) is 5.76. The predicted octanol–water partition coefficient (Wildman–Crippen LogP) is 4.12. The van der Waals surface area contributed by atoms with Gasteiger partial charge in [-0.3, -0.25) is 9.55 Å². The van der Waals surface area contributed by atoms with Crippen LogP contribution in [-0.4, -0.2) is 19.7 Å². The number of nitrogens with zero attached hydrogens (tertiary/aromatic N) is 4. The molecule has 3 aromatic heterocycles. The number of benzene rings is 1. The maximum Gasteiger partial charge on any atom is 0.222 e. The number of fused-ring (bicyclic) bond motifs is 1. The Balaban J connectivity index is 1.77. The molecule has 4 aromatic rings. The van der Waals surface area contributed by atoms with Gasteiger partial charge in [-0.1, -0.05) is 11.6 Å². The topological polar surface area (TPSA) is 78.9 Å². The van der Waals surface area contributed by atoms with Gasteiger partial charge in [-0.25, -0.2) is 0 Å². The van der Waals surface area contributed by atoms with Crippen LogP contribution in [0.25, 0.3) is 20.8 Å². The molecule has 0 radical (unpaired) electrons. The van der Waals surface area contributed by atoms with Crippen LogP contribution in [0.3, 0.4) is 0 Å². The highest BCUT2D eigenvalue weighted by molar-refractivity contribution is 7.22. The fourth-order valence-electron chi connectivity index (χ4n) is 2.31. The van der Waals surface area contributed by atoms with Crippen LogP contribution in [0.2, 0.25) is 5.02 Å². The molecule has 1 aromatic carbocycles. The van der Waals surface area contributed by atoms with Crippen LogP contribution in [0.1, 0.15) is 0 Å². The summed E-state index contributed by atoms with van der Waals surface area (Å²) in [6, 6.07) is 9.21. The largest absolute Gasteiger partial charge is 0.455 e. The highest BCUT2D eigenvalue weighted by atomic mass is 35.5. The van der Waals surface area contributed by atoms with E-state index in [0.717, 1.165) is 15.0 Å². The Morgan fingerprint density at radius 1 is 1.17 bits per heavy atom. The highest BCUT2D eigenvalue weighted by Crippen LogP contribution is 2.38. The average molecular weight is 358 g/mol. The Kier molecular flexibility index (Phi) is 3.59. The molecule has 4 rings (SSSR count). The first-order valence-corrected chi connectivity index (χ1v) is 8.27. The Bertz CT molecular complexity index is 1020. The van der Waals surface area contributed by atoms with Crippen LogP contribution in [0.4, 0.5) is 5.95 Å². The minimum absolute atomic E-state index is 0.373. The molecule has 8 heteroatoms. The molecule has 0 aliphatic carbocycles. The van der Waals surface area contributed by atoms with Gasteiger partial charge in [0.2, 0.25) is 5.95 Å². The zero-order valence-corrected chi connectivity index (χ0v) is 14.2. The Hall–Kier alpha value is -2.64. The summed E-state index contributed by atoms with van der Waals surface area (Å²) >= 11 is 7.47. The maximum absolute atomic E-state index is 5.95. The van der Waals surface area contributed by atoms with Crippen molar-refractivity contribution < 1.29 is 4.74 Å². The number of anilines is 1. The number of aromatic nitrogens is 4. The average Bonchev–Trinajstić information content (AvgIpc) is 3.14. The van der Waals surface area contributed by atoms with E-state index >= 15 is 0 Å². The molecule has 2 N–H and O–H groups in total. The van der Waals surface area contributed by atoms with Gasteiger partial charge in [-0.05, 0) is 30.3 Å². The fourth-order valence-corrected chi connectivity index (χ4v) is 3.50. The molecule has 0 saturated heterocycles. The van der Waals surface area contributed by atoms with Gasteiger partial charge in [0.15, 0.2) is 11.6 Å². The van der Waals surface area contributed by atoms with Gasteiger partial charge in [0.1, 0.15) is 5.75 Å². The Morgan fingerprint density at radius 2 is 1.96 bits per heavy atom. The fraction of sp³-hybridized carbons (Fsp3) is 0.0625. The number of hydrogen-bond acceptors (Lipinski definition) is 6. The first-order chi connectivity index (χ1) is 11.6. The summed E-state index contributed by atoms with van der Waals surface area (Å²) in [7, 11) is 1.83. The summed E-state index contributed by atoms with van der Waals surface area (Å²) in [6.07, 6.45) is 3.50. The molecular weight excluding hydrogens is 346 g/mol. The van der Waals surface area contributed by atoms with Gasteiger partial charge < -0.3 is 10.5 Å². The van der Waals surface area contributed by atoms with Crippen LogP contribution in [-0.2, 0) is 7.05 Å². The minimum atomic E-state index is 0.373. The molecule has 3 heterocycles. The van der Waals surface area contributed by atoms with Crippen molar-refractivity contribution in [2.45, 2.75) is 0 Å². The molecule has 0 spiro atoms. The number of ether oxygens (including phenoxy) is 1. The Morgan fingerprint density at radius 3 is 2.67 bits per heavy atom. The predicted molar refractivity (Wildman–Crippen MR) is 95.6 cm³/mol. The van der Waals surface area contributed by atoms with E-state index in [0.29, 0.717) is 28.3 Å². The molecule has 0 amide bonds. The van der Waals surface area contributed by atoms with E-state index < -0.39 is 0 Å². The van der Waals surface area contributed by atoms with Crippen LogP contribution in [0.5, 0.6) is 11.5 Å². The molecule has 0 atom stereocenters. The highest BCUT2D eigenvalue weighted by Gasteiger charge is 2.14. The first-order valence-electron chi connectivity index (χ1n) is 7.08. The molecule has 0 aliphatic heterocycles. The molecule has 0 saturated carbocycles. The molecule has 0 bridgehead atoms. The van der Waals surface area contributed by atoms with Crippen LogP contribution < -0.4 is 10.5 Å². The number of rotatable bonds is 3. The van der Waals surface area contributed by atoms with Gasteiger partial charge in [0, 0.05) is 23.7 Å². The summed E-state index contributed by atoms with van der Waals surface area (Å²) < 4.78 is 8.70. The first kappa shape index (κ1) is 14.9. The van der Waals surface area contributed by atoms with E-state index in [-0.39, 0.29) is 0 Å². The van der Waals surface area contributed by atoms with E-state index in [1.807, 2.05) is 25.2 Å². The van der Waals surface area contributed by atoms with E-state index in [4.69, 9.17) is 22.1 Å². The zero-order valence-electron chi connectivity index (χ0n) is 12.6. The number of hydrogen-bond donors (Lipinski definition) is 1. The van der Waals surface area contributed by atoms with Crippen LogP contribution in [0.15, 0.2) is 42.7 Å². The number of nitrogens with two attached hydrogens (primary N) is 1. The molecule has 0 aliphatic rings. The van der Waals surface area contributed by atoms with Gasteiger partial charge in [0.05, 0.1) is 15.8 Å². The maximum atomic E-state index is 5.95. The van der Waals surface area contributed by atoms with Crippen molar-refractivity contribution in [3.8, 4) is 22.2 Å². The van der Waals surface area contributed by atoms with Gasteiger partial charge in [0.25, 0.3) is 0 Å². The van der Waals surface area contributed by atoms with Crippen molar-refractivity contribution >= 4 is 39.0 Å². The lowest BCUT2D eigenvalue weighted by molar-refractivity contribution is 0.486. The molecule has 0 unspecified atom stereocenters. The van der Waals surface area contributed by atoms with Gasteiger partial charge in [-0.2, -0.15) is 0 Å². The van der Waals surface area contributed by atoms with Gasteiger partial charge in [-0.15, -0.1) is 21.5 Å². The number of thiophene rings is 1. The van der Waals surface area contributed by atoms with Crippen molar-refractivity contribution in [2.75, 3.05) is 5.73 Å². The van der Waals surface area contributed by atoms with Crippen molar-refractivity contribution in [3.05, 3.63) is 47.7 Å². The van der Waals surface area contributed by atoms with E-state index in [2.05, 4.69) is 15.2 Å². The zero-order chi connectivity index (χ0) is 16.7. The summed E-state index contributed by atoms with van der Waals surface area (Å²) in [5.74, 6) is 2.46. The van der Waals surface area contributed by atoms with Crippen LogP contribution >= 0.6 is 22.9 Å².